The maximum atomic E-state index is 12.0. The molecule has 84 valence electrons. The Morgan fingerprint density at radius 2 is 1.82 bits per heavy atom. The number of pyridine rings is 1. The number of hydrogen-bond acceptors (Lipinski definition) is 1. The lowest BCUT2D eigenvalue weighted by molar-refractivity contribution is 1.40. The quantitative estimate of drug-likeness (QED) is 0.623. The fourth-order valence-electron chi connectivity index (χ4n) is 2.00. The van der Waals surface area contributed by atoms with Gasteiger partial charge in [-0.05, 0) is 11.5 Å². The molecule has 3 rings (SSSR count). The van der Waals surface area contributed by atoms with Crippen molar-refractivity contribution in [1.82, 2.24) is 4.98 Å². The third-order valence-corrected chi connectivity index (χ3v) is 3.74. The van der Waals surface area contributed by atoms with E-state index in [1.165, 1.54) is 6.20 Å². The Hall–Kier alpha value is -1.32. The molecule has 0 spiro atoms. The van der Waals surface area contributed by atoms with Crippen molar-refractivity contribution in [3.8, 4) is 0 Å². The fraction of sp³-hybridized carbons (Fsp3) is 0. The molecule has 4 heteroatoms. The van der Waals surface area contributed by atoms with Crippen LogP contribution in [0.5, 0.6) is 0 Å². The minimum atomic E-state index is -0.146. The van der Waals surface area contributed by atoms with Crippen molar-refractivity contribution < 1.29 is 0 Å². The molecule has 0 atom stereocenters. The van der Waals surface area contributed by atoms with Gasteiger partial charge in [-0.25, -0.2) is 0 Å². The van der Waals surface area contributed by atoms with Crippen LogP contribution in [0.1, 0.15) is 0 Å². The van der Waals surface area contributed by atoms with E-state index in [0.29, 0.717) is 5.39 Å². The molecule has 0 aliphatic heterocycles. The van der Waals surface area contributed by atoms with Crippen molar-refractivity contribution >= 4 is 49.2 Å². The zero-order valence-corrected chi connectivity index (χ0v) is 11.0. The number of fused-ring (bicyclic) bond motifs is 3. The maximum absolute atomic E-state index is 12.0. The van der Waals surface area contributed by atoms with Gasteiger partial charge in [0.25, 0.3) is 0 Å². The third-order valence-electron chi connectivity index (χ3n) is 2.80. The van der Waals surface area contributed by atoms with Gasteiger partial charge in [-0.1, -0.05) is 51.8 Å². The maximum Gasteiger partial charge on any atom is 0.207 e. The van der Waals surface area contributed by atoms with Gasteiger partial charge in [-0.3, -0.25) is 4.79 Å². The van der Waals surface area contributed by atoms with Gasteiger partial charge in [0.2, 0.25) is 5.43 Å². The number of aromatic amines is 1. The van der Waals surface area contributed by atoms with Crippen molar-refractivity contribution in [1.29, 1.82) is 0 Å². The molecule has 2 nitrogen and oxygen atoms in total. The van der Waals surface area contributed by atoms with Gasteiger partial charge >= 0.3 is 0 Å². The molecule has 0 saturated carbocycles. The van der Waals surface area contributed by atoms with Crippen molar-refractivity contribution in [2.75, 3.05) is 0 Å². The highest BCUT2D eigenvalue weighted by Gasteiger charge is 2.08. The summed E-state index contributed by atoms with van der Waals surface area (Å²) in [5, 5.41) is 2.88. The molecule has 0 aliphatic carbocycles. The van der Waals surface area contributed by atoms with Crippen LogP contribution in [0.2, 0.25) is 5.02 Å². The summed E-state index contributed by atoms with van der Waals surface area (Å²) >= 11 is 9.31. The zero-order valence-electron chi connectivity index (χ0n) is 8.63. The predicted molar refractivity (Wildman–Crippen MR) is 74.8 cm³/mol. The summed E-state index contributed by atoms with van der Waals surface area (Å²) in [6, 6.07) is 9.70. The molecular formula is C13H7BrClNO. The lowest BCUT2D eigenvalue weighted by Gasteiger charge is -2.06. The van der Waals surface area contributed by atoms with Crippen molar-refractivity contribution in [3.63, 3.8) is 0 Å². The molecule has 0 fully saturated rings. The van der Waals surface area contributed by atoms with Crippen molar-refractivity contribution in [2.24, 2.45) is 0 Å². The van der Waals surface area contributed by atoms with Crippen LogP contribution in [-0.4, -0.2) is 4.98 Å². The van der Waals surface area contributed by atoms with E-state index in [9.17, 15) is 4.79 Å². The molecule has 0 unspecified atom stereocenters. The largest absolute Gasteiger partial charge is 0.359 e. The van der Waals surface area contributed by atoms with E-state index in [1.807, 2.05) is 30.3 Å². The molecule has 0 aliphatic rings. The van der Waals surface area contributed by atoms with Gasteiger partial charge in [0.15, 0.2) is 0 Å². The molecule has 0 saturated heterocycles. The van der Waals surface area contributed by atoms with E-state index < -0.39 is 0 Å². The van der Waals surface area contributed by atoms with E-state index in [4.69, 9.17) is 11.6 Å². The monoisotopic (exact) mass is 307 g/mol. The number of halogens is 2. The lowest BCUT2D eigenvalue weighted by Crippen LogP contribution is -2.03. The minimum Gasteiger partial charge on any atom is -0.359 e. The first kappa shape index (κ1) is 10.8. The molecular weight excluding hydrogens is 302 g/mol. The Morgan fingerprint density at radius 3 is 2.59 bits per heavy atom. The van der Waals surface area contributed by atoms with Crippen LogP contribution in [0.25, 0.3) is 21.7 Å². The number of aromatic nitrogens is 1. The van der Waals surface area contributed by atoms with Crippen molar-refractivity contribution in [3.05, 3.63) is 56.2 Å². The molecule has 3 aromatic rings. The summed E-state index contributed by atoms with van der Waals surface area (Å²) in [5.74, 6) is 0. The summed E-state index contributed by atoms with van der Waals surface area (Å²) in [7, 11) is 0. The van der Waals surface area contributed by atoms with Gasteiger partial charge in [-0.15, -0.1) is 0 Å². The van der Waals surface area contributed by atoms with Crippen LogP contribution in [0.4, 0.5) is 0 Å². The molecule has 0 bridgehead atoms. The number of rotatable bonds is 0. The topological polar surface area (TPSA) is 32.9 Å². The third kappa shape index (κ3) is 1.58. The van der Waals surface area contributed by atoms with Crippen LogP contribution in [0, 0.1) is 0 Å². The van der Waals surface area contributed by atoms with Crippen LogP contribution in [0.3, 0.4) is 0 Å². The smallest absolute Gasteiger partial charge is 0.207 e. The highest BCUT2D eigenvalue weighted by atomic mass is 79.9. The van der Waals surface area contributed by atoms with Crippen LogP contribution in [0.15, 0.2) is 45.8 Å². The van der Waals surface area contributed by atoms with Gasteiger partial charge in [0.05, 0.1) is 5.52 Å². The predicted octanol–water partition coefficient (Wildman–Crippen LogP) is 4.10. The van der Waals surface area contributed by atoms with Gasteiger partial charge in [0.1, 0.15) is 5.02 Å². The highest BCUT2D eigenvalue weighted by molar-refractivity contribution is 9.10. The van der Waals surface area contributed by atoms with Crippen LogP contribution < -0.4 is 5.43 Å². The number of H-pyrrole nitrogens is 1. The lowest BCUT2D eigenvalue weighted by atomic mass is 10.1. The highest BCUT2D eigenvalue weighted by Crippen LogP contribution is 2.29. The summed E-state index contributed by atoms with van der Waals surface area (Å²) < 4.78 is 0.897. The zero-order chi connectivity index (χ0) is 12.0. The minimum absolute atomic E-state index is 0.146. The Bertz CT molecular complexity index is 794. The number of nitrogens with one attached hydrogen (secondary N) is 1. The first-order valence-corrected chi connectivity index (χ1v) is 6.24. The normalized spacial score (nSPS) is 11.2. The van der Waals surface area contributed by atoms with Crippen LogP contribution in [-0.2, 0) is 0 Å². The molecule has 0 amide bonds. The number of benzene rings is 2. The number of hydrogen-bond donors (Lipinski definition) is 1. The van der Waals surface area contributed by atoms with Gasteiger partial charge in [-0.2, -0.15) is 0 Å². The fourth-order valence-corrected chi connectivity index (χ4v) is 2.73. The first-order chi connectivity index (χ1) is 8.18. The standard InChI is InChI=1S/C13H7BrClNO/c14-10-5-9-12(16-6-11(15)13(9)17)8-4-2-1-3-7(8)10/h1-6H,(H,16,17). The van der Waals surface area contributed by atoms with E-state index in [1.54, 1.807) is 0 Å². The summed E-state index contributed by atoms with van der Waals surface area (Å²) in [4.78, 5) is 15.0. The Balaban J connectivity index is 2.67. The van der Waals surface area contributed by atoms with Gasteiger partial charge in [0, 0.05) is 21.4 Å². The molecule has 17 heavy (non-hydrogen) atoms. The summed E-state index contributed by atoms with van der Waals surface area (Å²) in [5.41, 5.74) is 0.671. The second-order valence-corrected chi connectivity index (χ2v) is 5.05. The Morgan fingerprint density at radius 1 is 1.12 bits per heavy atom. The molecule has 1 N–H and O–H groups in total. The van der Waals surface area contributed by atoms with E-state index in [2.05, 4.69) is 20.9 Å². The summed E-state index contributed by atoms with van der Waals surface area (Å²) in [6.45, 7) is 0. The average Bonchev–Trinajstić information content (AvgIpc) is 2.35. The van der Waals surface area contributed by atoms with Crippen molar-refractivity contribution in [2.45, 2.75) is 0 Å². The van der Waals surface area contributed by atoms with E-state index in [0.717, 1.165) is 20.8 Å². The van der Waals surface area contributed by atoms with E-state index >= 15 is 0 Å². The molecule has 2 aromatic carbocycles. The second-order valence-electron chi connectivity index (χ2n) is 3.79. The SMILES string of the molecule is O=c1c(Cl)c[nH]c2c1cc(Br)c1ccccc12. The van der Waals surface area contributed by atoms with Gasteiger partial charge < -0.3 is 4.98 Å². The first-order valence-electron chi connectivity index (χ1n) is 5.06. The van der Waals surface area contributed by atoms with Crippen LogP contribution >= 0.6 is 27.5 Å². The average molecular weight is 309 g/mol. The Labute approximate surface area is 110 Å². The summed E-state index contributed by atoms with van der Waals surface area (Å²) in [6.07, 6.45) is 1.53. The molecule has 1 heterocycles. The second kappa shape index (κ2) is 3.86. The molecule has 1 aromatic heterocycles. The molecule has 0 radical (unpaired) electrons. The van der Waals surface area contributed by atoms with E-state index in [-0.39, 0.29) is 10.5 Å². The Kier molecular flexibility index (Phi) is 2.45.